The molecule has 0 saturated carbocycles. The average Bonchev–Trinajstić information content (AvgIpc) is 2.88. The molecule has 3 N–H and O–H groups in total. The number of amides is 1. The molecular formula is C14H19ClFN5O3S. The molecule has 0 aliphatic heterocycles. The van der Waals surface area contributed by atoms with E-state index in [9.17, 15) is 17.6 Å². The number of nitrogens with one attached hydrogen (secondary N) is 3. The van der Waals surface area contributed by atoms with Gasteiger partial charge in [-0.2, -0.15) is 5.10 Å². The van der Waals surface area contributed by atoms with Crippen LogP contribution in [-0.4, -0.2) is 37.4 Å². The number of carbonyl (C=O) groups excluding carboxylic acids is 1. The number of aryl methyl sites for hydroxylation is 1. The minimum atomic E-state index is -3.63. The van der Waals surface area contributed by atoms with Crippen LogP contribution in [0.2, 0.25) is 0 Å². The minimum Gasteiger partial charge on any atom is -0.324 e. The highest BCUT2D eigenvalue weighted by atomic mass is 35.5. The van der Waals surface area contributed by atoms with Crippen LogP contribution in [0.1, 0.15) is 11.6 Å². The fourth-order valence-electron chi connectivity index (χ4n) is 2.13. The fraction of sp³-hybridized carbons (Fsp3) is 0.286. The highest BCUT2D eigenvalue weighted by molar-refractivity contribution is 7.92. The summed E-state index contributed by atoms with van der Waals surface area (Å²) in [4.78, 5) is 12.4. The number of likely N-dealkylation sites (N-methyl/N-ethyl adjacent to an activating group) is 1. The number of benzene rings is 1. The van der Waals surface area contributed by atoms with E-state index in [0.29, 0.717) is 5.56 Å². The first-order valence-electron chi connectivity index (χ1n) is 6.93. The molecule has 1 amide bonds. The maximum Gasteiger partial charge on any atom is 0.246 e. The predicted octanol–water partition coefficient (Wildman–Crippen LogP) is 1.25. The standard InChI is InChI=1S/C14H18FN5O3S.ClH/c1-16-13(9-7-17-20(2)8-9)14(21)18-10-4-5-11(15)12(6-10)19-24(3,22)23;/h4-8,13,16,19H,1-3H3,(H,18,21);1H. The normalized spacial score (nSPS) is 12.2. The zero-order valence-corrected chi connectivity index (χ0v) is 15.4. The zero-order chi connectivity index (χ0) is 17.9. The summed E-state index contributed by atoms with van der Waals surface area (Å²) in [6.07, 6.45) is 4.17. The molecule has 1 heterocycles. The summed E-state index contributed by atoms with van der Waals surface area (Å²) in [6, 6.07) is 2.97. The van der Waals surface area contributed by atoms with Crippen LogP contribution in [0.15, 0.2) is 30.6 Å². The van der Waals surface area contributed by atoms with E-state index in [1.54, 1.807) is 31.2 Å². The smallest absolute Gasteiger partial charge is 0.246 e. The van der Waals surface area contributed by atoms with E-state index >= 15 is 0 Å². The van der Waals surface area contributed by atoms with E-state index < -0.39 is 21.9 Å². The molecule has 2 aromatic rings. The van der Waals surface area contributed by atoms with Crippen LogP contribution in [0.3, 0.4) is 0 Å². The topological polar surface area (TPSA) is 105 Å². The van der Waals surface area contributed by atoms with Gasteiger partial charge < -0.3 is 10.6 Å². The molecular weight excluding hydrogens is 373 g/mol. The highest BCUT2D eigenvalue weighted by Crippen LogP contribution is 2.22. The molecule has 25 heavy (non-hydrogen) atoms. The summed E-state index contributed by atoms with van der Waals surface area (Å²) >= 11 is 0. The van der Waals surface area contributed by atoms with E-state index in [-0.39, 0.29) is 29.7 Å². The first-order chi connectivity index (χ1) is 11.2. The summed E-state index contributed by atoms with van der Waals surface area (Å²) in [7, 11) is -0.275. The van der Waals surface area contributed by atoms with Crippen molar-refractivity contribution in [1.82, 2.24) is 15.1 Å². The number of halogens is 2. The SMILES string of the molecule is CNC(C(=O)Nc1ccc(F)c(NS(C)(=O)=O)c1)c1cnn(C)c1.Cl. The Balaban J connectivity index is 0.00000312. The lowest BCUT2D eigenvalue weighted by molar-refractivity contribution is -0.118. The second kappa shape index (κ2) is 8.28. The van der Waals surface area contributed by atoms with E-state index in [1.807, 2.05) is 0 Å². The van der Waals surface area contributed by atoms with Gasteiger partial charge in [0.25, 0.3) is 0 Å². The van der Waals surface area contributed by atoms with Crippen LogP contribution in [0, 0.1) is 5.82 Å². The summed E-state index contributed by atoms with van der Waals surface area (Å²) < 4.78 is 39.8. The molecule has 1 aromatic carbocycles. The molecule has 0 bridgehead atoms. The van der Waals surface area contributed by atoms with Crippen molar-refractivity contribution in [2.75, 3.05) is 23.3 Å². The van der Waals surface area contributed by atoms with Crippen LogP contribution in [0.4, 0.5) is 15.8 Å². The lowest BCUT2D eigenvalue weighted by atomic mass is 10.1. The summed E-state index contributed by atoms with van der Waals surface area (Å²) in [5.74, 6) is -1.13. The van der Waals surface area contributed by atoms with E-state index in [1.165, 1.54) is 12.1 Å². The highest BCUT2D eigenvalue weighted by Gasteiger charge is 2.20. The van der Waals surface area contributed by atoms with Crippen LogP contribution in [0.25, 0.3) is 0 Å². The van der Waals surface area contributed by atoms with Crippen molar-refractivity contribution in [3.63, 3.8) is 0 Å². The molecule has 2 rings (SSSR count). The van der Waals surface area contributed by atoms with Crippen molar-refractivity contribution >= 4 is 39.7 Å². The van der Waals surface area contributed by atoms with Crippen molar-refractivity contribution in [1.29, 1.82) is 0 Å². The Labute approximate surface area is 151 Å². The first-order valence-corrected chi connectivity index (χ1v) is 8.83. The Hall–Kier alpha value is -2.17. The molecule has 0 radical (unpaired) electrons. The average molecular weight is 392 g/mol. The van der Waals surface area contributed by atoms with Crippen LogP contribution >= 0.6 is 12.4 Å². The maximum absolute atomic E-state index is 13.7. The Kier molecular flexibility index (Phi) is 6.91. The molecule has 0 saturated heterocycles. The van der Waals surface area contributed by atoms with Gasteiger partial charge in [-0.25, -0.2) is 12.8 Å². The summed E-state index contributed by atoms with van der Waals surface area (Å²) in [6.45, 7) is 0. The quantitative estimate of drug-likeness (QED) is 0.687. The first kappa shape index (κ1) is 20.9. The summed E-state index contributed by atoms with van der Waals surface area (Å²) in [5, 5.41) is 9.49. The number of hydrogen-bond acceptors (Lipinski definition) is 5. The Morgan fingerprint density at radius 1 is 1.36 bits per heavy atom. The van der Waals surface area contributed by atoms with Crippen molar-refractivity contribution in [3.05, 3.63) is 42.0 Å². The monoisotopic (exact) mass is 391 g/mol. The molecule has 0 aliphatic rings. The van der Waals surface area contributed by atoms with Gasteiger partial charge in [0.2, 0.25) is 15.9 Å². The van der Waals surface area contributed by atoms with Crippen molar-refractivity contribution in [2.45, 2.75) is 6.04 Å². The number of carbonyl (C=O) groups is 1. The van der Waals surface area contributed by atoms with E-state index in [4.69, 9.17) is 0 Å². The van der Waals surface area contributed by atoms with Crippen molar-refractivity contribution in [3.8, 4) is 0 Å². The number of sulfonamides is 1. The molecule has 0 fully saturated rings. The van der Waals surface area contributed by atoms with Gasteiger partial charge >= 0.3 is 0 Å². The van der Waals surface area contributed by atoms with Gasteiger partial charge in [0.05, 0.1) is 18.1 Å². The van der Waals surface area contributed by atoms with Crippen LogP contribution in [0.5, 0.6) is 0 Å². The largest absolute Gasteiger partial charge is 0.324 e. The second-order valence-corrected chi connectivity index (χ2v) is 6.98. The van der Waals surface area contributed by atoms with Gasteiger partial charge in [-0.3, -0.25) is 14.2 Å². The lowest BCUT2D eigenvalue weighted by Gasteiger charge is -2.15. The van der Waals surface area contributed by atoms with Crippen LogP contribution in [-0.2, 0) is 21.9 Å². The number of nitrogens with zero attached hydrogens (tertiary/aromatic N) is 2. The van der Waals surface area contributed by atoms with Crippen LogP contribution < -0.4 is 15.4 Å². The summed E-state index contributed by atoms with van der Waals surface area (Å²) in [5.41, 5.74) is 0.684. The van der Waals surface area contributed by atoms with E-state index in [0.717, 1.165) is 12.3 Å². The number of anilines is 2. The molecule has 138 valence electrons. The molecule has 1 aromatic heterocycles. The second-order valence-electron chi connectivity index (χ2n) is 5.23. The third-order valence-corrected chi connectivity index (χ3v) is 3.73. The fourth-order valence-corrected chi connectivity index (χ4v) is 2.69. The van der Waals surface area contributed by atoms with Gasteiger partial charge in [0, 0.05) is 24.5 Å². The molecule has 11 heteroatoms. The minimum absolute atomic E-state index is 0. The lowest BCUT2D eigenvalue weighted by Crippen LogP contribution is -2.30. The molecule has 0 spiro atoms. The van der Waals surface area contributed by atoms with Gasteiger partial charge in [0.1, 0.15) is 11.9 Å². The number of rotatable bonds is 6. The van der Waals surface area contributed by atoms with Gasteiger partial charge in [-0.1, -0.05) is 0 Å². The molecule has 8 nitrogen and oxygen atoms in total. The maximum atomic E-state index is 13.7. The molecule has 1 unspecified atom stereocenters. The zero-order valence-electron chi connectivity index (χ0n) is 13.8. The predicted molar refractivity (Wildman–Crippen MR) is 95.8 cm³/mol. The van der Waals surface area contributed by atoms with Crippen molar-refractivity contribution < 1.29 is 17.6 Å². The van der Waals surface area contributed by atoms with E-state index in [2.05, 4.69) is 20.5 Å². The number of hydrogen-bond donors (Lipinski definition) is 3. The van der Waals surface area contributed by atoms with Gasteiger partial charge in [0.15, 0.2) is 0 Å². The van der Waals surface area contributed by atoms with Gasteiger partial charge in [-0.15, -0.1) is 12.4 Å². The van der Waals surface area contributed by atoms with Gasteiger partial charge in [-0.05, 0) is 25.2 Å². The Morgan fingerprint density at radius 2 is 2.04 bits per heavy atom. The Bertz CT molecular complexity index is 856. The molecule has 0 aliphatic carbocycles. The third kappa shape index (κ3) is 5.69. The number of aromatic nitrogens is 2. The Morgan fingerprint density at radius 3 is 2.56 bits per heavy atom. The third-order valence-electron chi connectivity index (χ3n) is 3.14. The van der Waals surface area contributed by atoms with Crippen molar-refractivity contribution in [2.24, 2.45) is 7.05 Å². The molecule has 1 atom stereocenters.